The fraction of sp³-hybridized carbons (Fsp3) is 0.423. The number of nitrogens with zero attached hydrogens (tertiary/aromatic N) is 4. The number of amides is 1. The molecule has 0 spiro atoms. The summed E-state index contributed by atoms with van der Waals surface area (Å²) in [5, 5.41) is 2.42. The van der Waals surface area contributed by atoms with Crippen LogP contribution < -0.4 is 4.90 Å². The molecule has 1 N–H and O–H groups in total. The predicted molar refractivity (Wildman–Crippen MR) is 136 cm³/mol. The van der Waals surface area contributed by atoms with E-state index in [1.807, 2.05) is 4.90 Å². The number of thiophene rings is 1. The second-order valence-corrected chi connectivity index (χ2v) is 9.91. The quantitative estimate of drug-likeness (QED) is 0.367. The van der Waals surface area contributed by atoms with Gasteiger partial charge in [0.15, 0.2) is 0 Å². The van der Waals surface area contributed by atoms with E-state index in [4.69, 9.17) is 0 Å². The molecule has 4 aromatic rings. The molecular weight excluding hydrogens is 430 g/mol. The molecule has 0 aliphatic carbocycles. The number of carbonyl (C=O) groups excluding carboxylic acids is 1. The van der Waals surface area contributed by atoms with Gasteiger partial charge in [-0.05, 0) is 49.3 Å². The van der Waals surface area contributed by atoms with Crippen molar-refractivity contribution < 1.29 is 4.79 Å². The fourth-order valence-electron chi connectivity index (χ4n) is 4.68. The smallest absolute Gasteiger partial charge is 0.222 e. The Balaban J connectivity index is 1.06. The third-order valence-electron chi connectivity index (χ3n) is 6.56. The molecule has 1 saturated heterocycles. The first-order chi connectivity index (χ1) is 16.2. The normalized spacial score (nSPS) is 14.5. The average Bonchev–Trinajstić information content (AvgIpc) is 3.47. The number of hydrogen-bond donors (Lipinski definition) is 1. The van der Waals surface area contributed by atoms with Gasteiger partial charge in [-0.3, -0.25) is 4.79 Å². The number of piperazine rings is 1. The van der Waals surface area contributed by atoms with Crippen molar-refractivity contribution >= 4 is 44.2 Å². The molecule has 0 bridgehead atoms. The molecule has 172 valence electrons. The van der Waals surface area contributed by atoms with Crippen LogP contribution in [0.4, 0.5) is 5.82 Å². The van der Waals surface area contributed by atoms with E-state index in [-0.39, 0.29) is 5.91 Å². The van der Waals surface area contributed by atoms with Crippen molar-refractivity contribution in [3.8, 4) is 0 Å². The van der Waals surface area contributed by atoms with Crippen molar-refractivity contribution in [2.24, 2.45) is 0 Å². The number of aryl methyl sites for hydroxylation is 2. The molecular formula is C26H31N5OS. The van der Waals surface area contributed by atoms with Crippen LogP contribution in [0.5, 0.6) is 0 Å². The number of aromatic nitrogens is 3. The number of hydrogen-bond acceptors (Lipinski definition) is 5. The number of para-hydroxylation sites is 1. The van der Waals surface area contributed by atoms with Crippen molar-refractivity contribution in [2.45, 2.75) is 45.4 Å². The number of H-pyrrole nitrogens is 1. The SMILES string of the molecule is CCc1cc2c(N3CCN(C(=O)CCCCCc4cc5ccccc5[nH]4)CC3)ncnc2s1. The predicted octanol–water partition coefficient (Wildman–Crippen LogP) is 5.19. The topological polar surface area (TPSA) is 65.1 Å². The highest BCUT2D eigenvalue weighted by Crippen LogP contribution is 2.31. The van der Waals surface area contributed by atoms with E-state index in [0.29, 0.717) is 6.42 Å². The van der Waals surface area contributed by atoms with Gasteiger partial charge in [0.25, 0.3) is 0 Å². The summed E-state index contributed by atoms with van der Waals surface area (Å²) in [5.41, 5.74) is 2.49. The number of unbranched alkanes of at least 4 members (excludes halogenated alkanes) is 2. The van der Waals surface area contributed by atoms with Crippen LogP contribution in [0.3, 0.4) is 0 Å². The average molecular weight is 462 g/mol. The summed E-state index contributed by atoms with van der Waals surface area (Å²) in [6.45, 7) is 5.36. The first-order valence-electron chi connectivity index (χ1n) is 12.0. The fourth-order valence-corrected chi connectivity index (χ4v) is 5.61. The zero-order valence-corrected chi connectivity index (χ0v) is 20.0. The summed E-state index contributed by atoms with van der Waals surface area (Å²) < 4.78 is 0. The van der Waals surface area contributed by atoms with Crippen LogP contribution >= 0.6 is 11.3 Å². The Morgan fingerprint density at radius 3 is 2.73 bits per heavy atom. The van der Waals surface area contributed by atoms with Gasteiger partial charge >= 0.3 is 0 Å². The zero-order chi connectivity index (χ0) is 22.6. The number of rotatable bonds is 8. The van der Waals surface area contributed by atoms with Crippen molar-refractivity contribution in [2.75, 3.05) is 31.1 Å². The van der Waals surface area contributed by atoms with Crippen LogP contribution in [0.1, 0.15) is 43.2 Å². The summed E-state index contributed by atoms with van der Waals surface area (Å²) in [6.07, 6.45) is 7.52. The van der Waals surface area contributed by atoms with E-state index in [1.165, 1.54) is 21.5 Å². The molecule has 0 atom stereocenters. The lowest BCUT2D eigenvalue weighted by Crippen LogP contribution is -2.49. The minimum Gasteiger partial charge on any atom is -0.358 e. The molecule has 1 aromatic carbocycles. The van der Waals surface area contributed by atoms with Crippen LogP contribution in [0.2, 0.25) is 0 Å². The van der Waals surface area contributed by atoms with E-state index >= 15 is 0 Å². The largest absolute Gasteiger partial charge is 0.358 e. The van der Waals surface area contributed by atoms with Gasteiger partial charge in [-0.25, -0.2) is 9.97 Å². The lowest BCUT2D eigenvalue weighted by atomic mass is 10.1. The van der Waals surface area contributed by atoms with E-state index < -0.39 is 0 Å². The van der Waals surface area contributed by atoms with E-state index in [0.717, 1.165) is 74.3 Å². The molecule has 5 rings (SSSR count). The minimum absolute atomic E-state index is 0.289. The third kappa shape index (κ3) is 4.88. The molecule has 1 aliphatic rings. The first kappa shape index (κ1) is 21.9. The minimum atomic E-state index is 0.289. The van der Waals surface area contributed by atoms with E-state index in [2.05, 4.69) is 63.2 Å². The highest BCUT2D eigenvalue weighted by Gasteiger charge is 2.23. The van der Waals surface area contributed by atoms with Gasteiger partial charge in [-0.15, -0.1) is 11.3 Å². The lowest BCUT2D eigenvalue weighted by molar-refractivity contribution is -0.131. The molecule has 1 aliphatic heterocycles. The summed E-state index contributed by atoms with van der Waals surface area (Å²) in [5.74, 6) is 1.30. The number of aromatic amines is 1. The monoisotopic (exact) mass is 461 g/mol. The molecule has 33 heavy (non-hydrogen) atoms. The molecule has 0 unspecified atom stereocenters. The van der Waals surface area contributed by atoms with Crippen LogP contribution in [-0.4, -0.2) is 51.9 Å². The van der Waals surface area contributed by atoms with E-state index in [1.54, 1.807) is 17.7 Å². The number of fused-ring (bicyclic) bond motifs is 2. The number of benzene rings is 1. The van der Waals surface area contributed by atoms with Crippen LogP contribution in [0.15, 0.2) is 42.7 Å². The van der Waals surface area contributed by atoms with E-state index in [9.17, 15) is 4.79 Å². The zero-order valence-electron chi connectivity index (χ0n) is 19.2. The van der Waals surface area contributed by atoms with Crippen molar-refractivity contribution in [3.05, 3.63) is 53.3 Å². The third-order valence-corrected chi connectivity index (χ3v) is 7.75. The molecule has 0 saturated carbocycles. The Labute approximate surface area is 198 Å². The Kier molecular flexibility index (Phi) is 6.58. The first-order valence-corrected chi connectivity index (χ1v) is 12.9. The summed E-state index contributed by atoms with van der Waals surface area (Å²) >= 11 is 1.75. The van der Waals surface area contributed by atoms with Gasteiger partial charge in [-0.1, -0.05) is 31.5 Å². The number of anilines is 1. The van der Waals surface area contributed by atoms with Crippen LogP contribution in [-0.2, 0) is 17.6 Å². The summed E-state index contributed by atoms with van der Waals surface area (Å²) in [7, 11) is 0. The molecule has 6 nitrogen and oxygen atoms in total. The number of carbonyl (C=O) groups is 1. The standard InChI is InChI=1S/C26H31N5OS/c1-2-21-17-22-25(27-18-28-26(22)33-21)31-14-12-30(13-15-31)24(32)11-5-3-4-9-20-16-19-8-6-7-10-23(19)29-20/h6-8,10,16-18,29H,2-5,9,11-15H2,1H3. The van der Waals surface area contributed by atoms with Crippen LogP contribution in [0, 0.1) is 0 Å². The van der Waals surface area contributed by atoms with Gasteiger partial charge in [0.2, 0.25) is 5.91 Å². The molecule has 0 radical (unpaired) electrons. The molecule has 7 heteroatoms. The highest BCUT2D eigenvalue weighted by atomic mass is 32.1. The molecule has 1 amide bonds. The summed E-state index contributed by atoms with van der Waals surface area (Å²) in [4.78, 5) is 32.0. The molecule has 3 aromatic heterocycles. The Morgan fingerprint density at radius 1 is 1.06 bits per heavy atom. The van der Waals surface area contributed by atoms with Gasteiger partial charge in [0.1, 0.15) is 17.0 Å². The second kappa shape index (κ2) is 9.91. The lowest BCUT2D eigenvalue weighted by Gasteiger charge is -2.35. The van der Waals surface area contributed by atoms with Gasteiger partial charge in [0, 0.05) is 48.7 Å². The maximum Gasteiger partial charge on any atom is 0.222 e. The Bertz CT molecular complexity index is 1200. The van der Waals surface area contributed by atoms with Gasteiger partial charge in [0.05, 0.1) is 5.39 Å². The van der Waals surface area contributed by atoms with Crippen LogP contribution in [0.25, 0.3) is 21.1 Å². The van der Waals surface area contributed by atoms with Crippen molar-refractivity contribution in [3.63, 3.8) is 0 Å². The Morgan fingerprint density at radius 2 is 1.91 bits per heavy atom. The highest BCUT2D eigenvalue weighted by molar-refractivity contribution is 7.18. The number of nitrogens with one attached hydrogen (secondary N) is 1. The maximum absolute atomic E-state index is 12.7. The molecule has 4 heterocycles. The van der Waals surface area contributed by atoms with Crippen molar-refractivity contribution in [1.82, 2.24) is 19.9 Å². The second-order valence-electron chi connectivity index (χ2n) is 8.79. The Hall–Kier alpha value is -2.93. The van der Waals surface area contributed by atoms with Gasteiger partial charge < -0.3 is 14.8 Å². The van der Waals surface area contributed by atoms with Crippen molar-refractivity contribution in [1.29, 1.82) is 0 Å². The maximum atomic E-state index is 12.7. The summed E-state index contributed by atoms with van der Waals surface area (Å²) in [6, 6.07) is 12.9. The van der Waals surface area contributed by atoms with Gasteiger partial charge in [-0.2, -0.15) is 0 Å². The molecule has 1 fully saturated rings.